The lowest BCUT2D eigenvalue weighted by Crippen LogP contribution is -2.44. The van der Waals surface area contributed by atoms with Crippen LogP contribution in [0.2, 0.25) is 0 Å². The van der Waals surface area contributed by atoms with Gasteiger partial charge >= 0.3 is 0 Å². The van der Waals surface area contributed by atoms with E-state index < -0.39 is 0 Å². The van der Waals surface area contributed by atoms with E-state index in [1.54, 1.807) is 13.2 Å². The van der Waals surface area contributed by atoms with Gasteiger partial charge in [0.15, 0.2) is 11.5 Å². The second-order valence-corrected chi connectivity index (χ2v) is 6.06. The maximum absolute atomic E-state index is 12.3. The number of ether oxygens (including phenoxy) is 1. The summed E-state index contributed by atoms with van der Waals surface area (Å²) in [5.41, 5.74) is 1.23. The van der Waals surface area contributed by atoms with Crippen molar-refractivity contribution in [2.75, 3.05) is 45.2 Å². The molecule has 0 spiro atoms. The maximum atomic E-state index is 12.3. The number of carbonyl (C=O) groups excluding carboxylic acids is 1. The lowest BCUT2D eigenvalue weighted by molar-refractivity contribution is 0.0944. The molecule has 1 aliphatic heterocycles. The van der Waals surface area contributed by atoms with E-state index >= 15 is 0 Å². The molecule has 0 bridgehead atoms. The lowest BCUT2D eigenvalue weighted by atomic mass is 10.2. The van der Waals surface area contributed by atoms with Gasteiger partial charge in [0.1, 0.15) is 5.75 Å². The van der Waals surface area contributed by atoms with Gasteiger partial charge in [-0.3, -0.25) is 4.79 Å². The van der Waals surface area contributed by atoms with Crippen molar-refractivity contribution < 1.29 is 9.53 Å². The number of nitrogens with zero attached hydrogens (tertiary/aromatic N) is 4. The number of hydrogen-bond donors (Lipinski definition) is 1. The Morgan fingerprint density at radius 1 is 1.12 bits per heavy atom. The maximum Gasteiger partial charge on any atom is 0.272 e. The molecule has 2 aromatic rings. The SMILES string of the molecule is COc1ccccc1CNC(=O)c1ccc(N2CCN(C)CC2)nn1. The van der Waals surface area contributed by atoms with Gasteiger partial charge in [0.25, 0.3) is 5.91 Å². The minimum absolute atomic E-state index is 0.247. The zero-order chi connectivity index (χ0) is 17.6. The molecule has 0 saturated carbocycles. The van der Waals surface area contributed by atoms with Crippen molar-refractivity contribution in [3.05, 3.63) is 47.7 Å². The highest BCUT2D eigenvalue weighted by Gasteiger charge is 2.16. The van der Waals surface area contributed by atoms with Gasteiger partial charge in [0, 0.05) is 38.3 Å². The number of para-hydroxylation sites is 1. The molecule has 1 aromatic carbocycles. The highest BCUT2D eigenvalue weighted by Crippen LogP contribution is 2.17. The van der Waals surface area contributed by atoms with Crippen molar-refractivity contribution in [3.63, 3.8) is 0 Å². The van der Waals surface area contributed by atoms with Crippen molar-refractivity contribution >= 4 is 11.7 Å². The minimum atomic E-state index is -0.247. The number of anilines is 1. The third-order valence-corrected chi connectivity index (χ3v) is 4.34. The van der Waals surface area contributed by atoms with E-state index in [4.69, 9.17) is 4.74 Å². The Morgan fingerprint density at radius 2 is 1.88 bits per heavy atom. The molecule has 0 radical (unpaired) electrons. The summed E-state index contributed by atoms with van der Waals surface area (Å²) in [6.07, 6.45) is 0. The molecule has 0 atom stereocenters. The van der Waals surface area contributed by atoms with Gasteiger partial charge in [-0.25, -0.2) is 0 Å². The topological polar surface area (TPSA) is 70.6 Å². The summed E-state index contributed by atoms with van der Waals surface area (Å²) in [4.78, 5) is 16.7. The van der Waals surface area contributed by atoms with Gasteiger partial charge < -0.3 is 19.9 Å². The normalized spacial score (nSPS) is 15.0. The third kappa shape index (κ3) is 4.24. The van der Waals surface area contributed by atoms with Crippen LogP contribution in [0.25, 0.3) is 0 Å². The molecule has 25 heavy (non-hydrogen) atoms. The molecule has 1 amide bonds. The predicted octanol–water partition coefficient (Wildman–Crippen LogP) is 1.17. The summed E-state index contributed by atoms with van der Waals surface area (Å²) in [6.45, 7) is 4.23. The van der Waals surface area contributed by atoms with Crippen molar-refractivity contribution in [1.82, 2.24) is 20.4 Å². The number of carbonyl (C=O) groups is 1. The summed E-state index contributed by atoms with van der Waals surface area (Å²) in [5, 5.41) is 11.1. The Hall–Kier alpha value is -2.67. The molecule has 1 aromatic heterocycles. The smallest absolute Gasteiger partial charge is 0.272 e. The molecule has 1 N–H and O–H groups in total. The molecule has 7 nitrogen and oxygen atoms in total. The molecule has 7 heteroatoms. The van der Waals surface area contributed by atoms with Crippen LogP contribution in [0.5, 0.6) is 5.75 Å². The first kappa shape index (κ1) is 17.2. The molecule has 132 valence electrons. The fraction of sp³-hybridized carbons (Fsp3) is 0.389. The van der Waals surface area contributed by atoms with Crippen LogP contribution in [0.4, 0.5) is 5.82 Å². The van der Waals surface area contributed by atoms with Gasteiger partial charge in [-0.2, -0.15) is 0 Å². The molecular formula is C18H23N5O2. The van der Waals surface area contributed by atoms with Crippen LogP contribution in [0.15, 0.2) is 36.4 Å². The summed E-state index contributed by atoms with van der Waals surface area (Å²) >= 11 is 0. The molecule has 1 aliphatic rings. The Bertz CT molecular complexity index is 712. The van der Waals surface area contributed by atoms with Gasteiger partial charge in [0.2, 0.25) is 0 Å². The number of nitrogens with one attached hydrogen (secondary N) is 1. The van der Waals surface area contributed by atoms with E-state index in [-0.39, 0.29) is 5.91 Å². The van der Waals surface area contributed by atoms with E-state index in [0.717, 1.165) is 43.3 Å². The number of likely N-dealkylation sites (N-methyl/N-ethyl adjacent to an activating group) is 1. The molecule has 3 rings (SSSR count). The van der Waals surface area contributed by atoms with Crippen LogP contribution in [-0.2, 0) is 6.54 Å². The first-order valence-electron chi connectivity index (χ1n) is 8.34. The third-order valence-electron chi connectivity index (χ3n) is 4.34. The second-order valence-electron chi connectivity index (χ2n) is 6.06. The van der Waals surface area contributed by atoms with Gasteiger partial charge in [-0.1, -0.05) is 18.2 Å². The summed E-state index contributed by atoms with van der Waals surface area (Å²) in [6, 6.07) is 11.2. The van der Waals surface area contributed by atoms with E-state index in [1.165, 1.54) is 0 Å². The number of benzene rings is 1. The average Bonchev–Trinajstić information content (AvgIpc) is 2.67. The van der Waals surface area contributed by atoms with Crippen LogP contribution in [0.1, 0.15) is 16.1 Å². The largest absolute Gasteiger partial charge is 0.496 e. The Kier molecular flexibility index (Phi) is 5.45. The first-order chi connectivity index (χ1) is 12.2. The van der Waals surface area contributed by atoms with Crippen molar-refractivity contribution in [3.8, 4) is 5.75 Å². The predicted molar refractivity (Wildman–Crippen MR) is 95.9 cm³/mol. The number of rotatable bonds is 5. The second kappa shape index (κ2) is 7.94. The van der Waals surface area contributed by atoms with Gasteiger partial charge in [-0.15, -0.1) is 10.2 Å². The van der Waals surface area contributed by atoms with Crippen LogP contribution in [0.3, 0.4) is 0 Å². The van der Waals surface area contributed by atoms with Crippen molar-refractivity contribution in [1.29, 1.82) is 0 Å². The highest BCUT2D eigenvalue weighted by atomic mass is 16.5. The molecule has 1 saturated heterocycles. The molecule has 1 fully saturated rings. The number of piperazine rings is 1. The zero-order valence-corrected chi connectivity index (χ0v) is 14.6. The lowest BCUT2D eigenvalue weighted by Gasteiger charge is -2.32. The van der Waals surface area contributed by atoms with E-state index in [0.29, 0.717) is 12.2 Å². The molecular weight excluding hydrogens is 318 g/mol. The van der Waals surface area contributed by atoms with E-state index in [9.17, 15) is 4.79 Å². The fourth-order valence-corrected chi connectivity index (χ4v) is 2.77. The number of methoxy groups -OCH3 is 1. The first-order valence-corrected chi connectivity index (χ1v) is 8.34. The highest BCUT2D eigenvalue weighted by molar-refractivity contribution is 5.92. The summed E-state index contributed by atoms with van der Waals surface area (Å²) < 4.78 is 5.29. The van der Waals surface area contributed by atoms with E-state index in [1.807, 2.05) is 30.3 Å². The van der Waals surface area contributed by atoms with Crippen LogP contribution >= 0.6 is 0 Å². The van der Waals surface area contributed by atoms with Gasteiger partial charge in [-0.05, 0) is 25.2 Å². The molecule has 0 unspecified atom stereocenters. The zero-order valence-electron chi connectivity index (χ0n) is 14.6. The quantitative estimate of drug-likeness (QED) is 0.880. The monoisotopic (exact) mass is 341 g/mol. The van der Waals surface area contributed by atoms with Crippen LogP contribution in [0, 0.1) is 0 Å². The fourth-order valence-electron chi connectivity index (χ4n) is 2.77. The number of hydrogen-bond acceptors (Lipinski definition) is 6. The number of amides is 1. The summed E-state index contributed by atoms with van der Waals surface area (Å²) in [7, 11) is 3.72. The molecule has 0 aliphatic carbocycles. The Labute approximate surface area is 147 Å². The van der Waals surface area contributed by atoms with Crippen LogP contribution in [-0.4, -0.2) is 61.3 Å². The molecule has 2 heterocycles. The average molecular weight is 341 g/mol. The van der Waals surface area contributed by atoms with Crippen molar-refractivity contribution in [2.45, 2.75) is 6.54 Å². The standard InChI is InChI=1S/C18H23N5O2/c1-22-9-11-23(12-10-22)17-8-7-15(20-21-17)18(24)19-13-14-5-3-4-6-16(14)25-2/h3-8H,9-13H2,1-2H3,(H,19,24). The Morgan fingerprint density at radius 3 is 2.56 bits per heavy atom. The van der Waals surface area contributed by atoms with Gasteiger partial charge in [0.05, 0.1) is 7.11 Å². The summed E-state index contributed by atoms with van der Waals surface area (Å²) in [5.74, 6) is 1.32. The van der Waals surface area contributed by atoms with E-state index in [2.05, 4.69) is 32.4 Å². The minimum Gasteiger partial charge on any atom is -0.496 e. The van der Waals surface area contributed by atoms with Crippen molar-refractivity contribution in [2.24, 2.45) is 0 Å². The Balaban J connectivity index is 1.59. The van der Waals surface area contributed by atoms with Crippen LogP contribution < -0.4 is 15.0 Å². The number of aromatic nitrogens is 2.